The zero-order valence-electron chi connectivity index (χ0n) is 9.16. The van der Waals surface area contributed by atoms with Gasteiger partial charge in [-0.05, 0) is 12.5 Å². The SMILES string of the molecule is CCCc1cc(C(=O)NC2=NCCS2)cs1. The van der Waals surface area contributed by atoms with Crippen molar-refractivity contribution in [3.63, 3.8) is 0 Å². The van der Waals surface area contributed by atoms with Crippen molar-refractivity contribution >= 4 is 34.2 Å². The lowest BCUT2D eigenvalue weighted by molar-refractivity contribution is 0.0978. The van der Waals surface area contributed by atoms with E-state index in [2.05, 4.69) is 17.2 Å². The Morgan fingerprint density at radius 1 is 1.62 bits per heavy atom. The molecule has 2 heterocycles. The first-order valence-electron chi connectivity index (χ1n) is 5.35. The molecule has 0 atom stereocenters. The molecule has 0 spiro atoms. The van der Waals surface area contributed by atoms with Crippen LogP contribution in [0.2, 0.25) is 0 Å². The number of aliphatic imine (C=N–C) groups is 1. The summed E-state index contributed by atoms with van der Waals surface area (Å²) in [5.41, 5.74) is 0.753. The van der Waals surface area contributed by atoms with Crippen LogP contribution >= 0.6 is 23.1 Å². The summed E-state index contributed by atoms with van der Waals surface area (Å²) < 4.78 is 0. The fourth-order valence-electron chi connectivity index (χ4n) is 1.46. The number of rotatable bonds is 3. The topological polar surface area (TPSA) is 41.5 Å². The lowest BCUT2D eigenvalue weighted by Gasteiger charge is -2.00. The number of carbonyl (C=O) groups is 1. The molecule has 1 aliphatic heterocycles. The van der Waals surface area contributed by atoms with Gasteiger partial charge in [0.15, 0.2) is 5.17 Å². The predicted octanol–water partition coefficient (Wildman–Crippen LogP) is 2.53. The Labute approximate surface area is 103 Å². The maximum absolute atomic E-state index is 11.8. The molecule has 1 N–H and O–H groups in total. The maximum atomic E-state index is 11.8. The second-order valence-electron chi connectivity index (χ2n) is 3.54. The molecule has 0 aliphatic carbocycles. The van der Waals surface area contributed by atoms with Crippen molar-refractivity contribution in [3.05, 3.63) is 21.9 Å². The molecule has 1 amide bonds. The molecule has 0 unspecified atom stereocenters. The highest BCUT2D eigenvalue weighted by atomic mass is 32.2. The number of hydrogen-bond donors (Lipinski definition) is 1. The van der Waals surface area contributed by atoms with Crippen molar-refractivity contribution in [1.29, 1.82) is 0 Å². The Hall–Kier alpha value is -0.810. The van der Waals surface area contributed by atoms with E-state index in [1.54, 1.807) is 23.1 Å². The van der Waals surface area contributed by atoms with Gasteiger partial charge in [0.05, 0.1) is 12.1 Å². The van der Waals surface area contributed by atoms with Crippen LogP contribution in [0.3, 0.4) is 0 Å². The zero-order chi connectivity index (χ0) is 11.4. The summed E-state index contributed by atoms with van der Waals surface area (Å²) in [6.07, 6.45) is 2.16. The van der Waals surface area contributed by atoms with E-state index >= 15 is 0 Å². The number of thiophene rings is 1. The summed E-state index contributed by atoms with van der Waals surface area (Å²) in [5.74, 6) is 0.937. The molecule has 1 aromatic rings. The number of nitrogens with one attached hydrogen (secondary N) is 1. The highest BCUT2D eigenvalue weighted by Gasteiger charge is 2.13. The second-order valence-corrected chi connectivity index (χ2v) is 5.62. The summed E-state index contributed by atoms with van der Waals surface area (Å²) in [6.45, 7) is 2.95. The molecular weight excluding hydrogens is 240 g/mol. The van der Waals surface area contributed by atoms with Crippen LogP contribution in [-0.2, 0) is 6.42 Å². The molecule has 3 nitrogen and oxygen atoms in total. The number of aryl methyl sites for hydroxylation is 1. The summed E-state index contributed by atoms with van der Waals surface area (Å²) in [4.78, 5) is 17.3. The van der Waals surface area contributed by atoms with Crippen molar-refractivity contribution in [3.8, 4) is 0 Å². The van der Waals surface area contributed by atoms with Crippen molar-refractivity contribution in [2.45, 2.75) is 19.8 Å². The summed E-state index contributed by atoms with van der Waals surface area (Å²) >= 11 is 3.26. The summed E-state index contributed by atoms with van der Waals surface area (Å²) in [7, 11) is 0. The number of thioether (sulfide) groups is 1. The minimum Gasteiger partial charge on any atom is -0.301 e. The van der Waals surface area contributed by atoms with Crippen molar-refractivity contribution in [2.24, 2.45) is 4.99 Å². The molecule has 0 bridgehead atoms. The zero-order valence-corrected chi connectivity index (χ0v) is 10.8. The molecule has 0 saturated carbocycles. The first kappa shape index (κ1) is 11.7. The minimum absolute atomic E-state index is 0.0354. The molecule has 0 radical (unpaired) electrons. The molecule has 0 saturated heterocycles. The minimum atomic E-state index is -0.0354. The van der Waals surface area contributed by atoms with Crippen LogP contribution in [0.4, 0.5) is 0 Å². The van der Waals surface area contributed by atoms with Crippen molar-refractivity contribution in [2.75, 3.05) is 12.3 Å². The van der Waals surface area contributed by atoms with Crippen LogP contribution in [0.1, 0.15) is 28.6 Å². The number of carbonyl (C=O) groups excluding carboxylic acids is 1. The highest BCUT2D eigenvalue weighted by Crippen LogP contribution is 2.17. The van der Waals surface area contributed by atoms with E-state index in [1.807, 2.05) is 11.4 Å². The average Bonchev–Trinajstić information content (AvgIpc) is 2.89. The molecule has 86 valence electrons. The number of hydrogen-bond acceptors (Lipinski definition) is 4. The van der Waals surface area contributed by atoms with Gasteiger partial charge in [-0.1, -0.05) is 25.1 Å². The van der Waals surface area contributed by atoms with Gasteiger partial charge in [-0.2, -0.15) is 0 Å². The van der Waals surface area contributed by atoms with E-state index in [4.69, 9.17) is 0 Å². The van der Waals surface area contributed by atoms with Crippen LogP contribution in [0.25, 0.3) is 0 Å². The van der Waals surface area contributed by atoms with E-state index in [9.17, 15) is 4.79 Å². The second kappa shape index (κ2) is 5.50. The van der Waals surface area contributed by atoms with Crippen LogP contribution in [0, 0.1) is 0 Å². The smallest absolute Gasteiger partial charge is 0.258 e. The third-order valence-electron chi connectivity index (χ3n) is 2.22. The Morgan fingerprint density at radius 2 is 2.50 bits per heavy atom. The lowest BCUT2D eigenvalue weighted by atomic mass is 10.2. The lowest BCUT2D eigenvalue weighted by Crippen LogP contribution is -2.26. The van der Waals surface area contributed by atoms with Gasteiger partial charge < -0.3 is 5.32 Å². The van der Waals surface area contributed by atoms with Gasteiger partial charge in [-0.3, -0.25) is 9.79 Å². The van der Waals surface area contributed by atoms with E-state index in [0.717, 1.165) is 35.9 Å². The third-order valence-corrected chi connectivity index (χ3v) is 4.11. The molecule has 0 fully saturated rings. The van der Waals surface area contributed by atoms with Crippen molar-refractivity contribution in [1.82, 2.24) is 5.32 Å². The molecule has 16 heavy (non-hydrogen) atoms. The fourth-order valence-corrected chi connectivity index (χ4v) is 3.15. The largest absolute Gasteiger partial charge is 0.301 e. The molecule has 2 rings (SSSR count). The number of amidine groups is 1. The molecule has 5 heteroatoms. The van der Waals surface area contributed by atoms with Gasteiger partial charge in [-0.25, -0.2) is 0 Å². The van der Waals surface area contributed by atoms with Gasteiger partial charge in [0.1, 0.15) is 0 Å². The van der Waals surface area contributed by atoms with E-state index in [-0.39, 0.29) is 5.91 Å². The normalized spacial score (nSPS) is 14.9. The third kappa shape index (κ3) is 2.86. The first-order valence-corrected chi connectivity index (χ1v) is 7.22. The van der Waals surface area contributed by atoms with E-state index < -0.39 is 0 Å². The number of amides is 1. The van der Waals surface area contributed by atoms with Crippen LogP contribution in [-0.4, -0.2) is 23.4 Å². The standard InChI is InChI=1S/C11H14N2OS2/c1-2-3-9-6-8(7-16-9)10(14)13-11-12-4-5-15-11/h6-7H,2-5H2,1H3,(H,12,13,14). The Kier molecular flexibility index (Phi) is 4.01. The molecule has 0 aromatic carbocycles. The Balaban J connectivity index is 1.97. The van der Waals surface area contributed by atoms with Gasteiger partial charge in [0.25, 0.3) is 5.91 Å². The van der Waals surface area contributed by atoms with E-state index in [1.165, 1.54) is 4.88 Å². The molecular formula is C11H14N2OS2. The number of nitrogens with zero attached hydrogens (tertiary/aromatic N) is 1. The summed E-state index contributed by atoms with van der Waals surface area (Å²) in [6, 6.07) is 1.98. The highest BCUT2D eigenvalue weighted by molar-refractivity contribution is 8.14. The van der Waals surface area contributed by atoms with Gasteiger partial charge in [0.2, 0.25) is 0 Å². The van der Waals surface area contributed by atoms with Gasteiger partial charge in [-0.15, -0.1) is 11.3 Å². The van der Waals surface area contributed by atoms with E-state index in [0.29, 0.717) is 0 Å². The quantitative estimate of drug-likeness (QED) is 0.900. The van der Waals surface area contributed by atoms with Gasteiger partial charge in [0, 0.05) is 16.0 Å². The predicted molar refractivity (Wildman–Crippen MR) is 70.5 cm³/mol. The monoisotopic (exact) mass is 254 g/mol. The first-order chi connectivity index (χ1) is 7.79. The van der Waals surface area contributed by atoms with Crippen LogP contribution < -0.4 is 5.32 Å². The van der Waals surface area contributed by atoms with Crippen LogP contribution in [0.15, 0.2) is 16.4 Å². The molecule has 1 aromatic heterocycles. The van der Waals surface area contributed by atoms with Crippen LogP contribution in [0.5, 0.6) is 0 Å². The van der Waals surface area contributed by atoms with Gasteiger partial charge >= 0.3 is 0 Å². The average molecular weight is 254 g/mol. The fraction of sp³-hybridized carbons (Fsp3) is 0.455. The molecule has 1 aliphatic rings. The summed E-state index contributed by atoms with van der Waals surface area (Å²) in [5, 5.41) is 5.51. The Bertz CT molecular complexity index is 412. The van der Waals surface area contributed by atoms with Crippen molar-refractivity contribution < 1.29 is 4.79 Å². The maximum Gasteiger partial charge on any atom is 0.258 e. The Morgan fingerprint density at radius 3 is 3.19 bits per heavy atom.